The van der Waals surface area contributed by atoms with Gasteiger partial charge in [-0.1, -0.05) is 13.0 Å². The van der Waals surface area contributed by atoms with Crippen molar-refractivity contribution in [2.75, 3.05) is 19.8 Å². The molecule has 1 aromatic heterocycles. The van der Waals surface area contributed by atoms with E-state index in [0.717, 1.165) is 37.2 Å². The zero-order chi connectivity index (χ0) is 12.6. The summed E-state index contributed by atoms with van der Waals surface area (Å²) in [6, 6.07) is 6.47. The second-order valence-electron chi connectivity index (χ2n) is 5.26. The highest BCUT2D eigenvalue weighted by molar-refractivity contribution is 5.75. The summed E-state index contributed by atoms with van der Waals surface area (Å²) in [4.78, 5) is 7.43. The summed E-state index contributed by atoms with van der Waals surface area (Å²) in [5.41, 5.74) is 9.29. The first-order chi connectivity index (χ1) is 8.76. The molecule has 0 radical (unpaired) electrons. The van der Waals surface area contributed by atoms with Crippen LogP contribution in [0.15, 0.2) is 24.5 Å². The standard InChI is InChI=1S/C14H19N3O/c1-10(4-5-15)14(7-18-8-14)11-2-3-12-13(6-11)17-9-16-12/h2-3,6,9-10H,4-5,7-8,15H2,1H3,(H,16,17). The van der Waals surface area contributed by atoms with Crippen LogP contribution in [0.1, 0.15) is 18.9 Å². The van der Waals surface area contributed by atoms with Gasteiger partial charge < -0.3 is 15.5 Å². The minimum Gasteiger partial charge on any atom is -0.379 e. The number of nitrogens with one attached hydrogen (secondary N) is 1. The second-order valence-corrected chi connectivity index (χ2v) is 5.26. The van der Waals surface area contributed by atoms with E-state index in [0.29, 0.717) is 5.92 Å². The maximum Gasteiger partial charge on any atom is 0.0931 e. The summed E-state index contributed by atoms with van der Waals surface area (Å²) < 4.78 is 5.49. The number of nitrogens with zero attached hydrogens (tertiary/aromatic N) is 1. The number of ether oxygens (including phenoxy) is 1. The molecule has 1 fully saturated rings. The zero-order valence-corrected chi connectivity index (χ0v) is 10.6. The molecule has 0 amide bonds. The molecule has 4 heteroatoms. The third kappa shape index (κ3) is 1.64. The molecule has 1 atom stereocenters. The van der Waals surface area contributed by atoms with Crippen LogP contribution in [0.3, 0.4) is 0 Å². The maximum absolute atomic E-state index is 5.70. The van der Waals surface area contributed by atoms with Gasteiger partial charge in [0.15, 0.2) is 0 Å². The van der Waals surface area contributed by atoms with E-state index < -0.39 is 0 Å². The predicted molar refractivity (Wildman–Crippen MR) is 71.4 cm³/mol. The monoisotopic (exact) mass is 245 g/mol. The van der Waals surface area contributed by atoms with E-state index in [1.807, 2.05) is 0 Å². The number of hydrogen-bond donors (Lipinski definition) is 2. The van der Waals surface area contributed by atoms with Crippen LogP contribution < -0.4 is 5.73 Å². The minimum absolute atomic E-state index is 0.138. The van der Waals surface area contributed by atoms with Crippen LogP contribution in [0.25, 0.3) is 11.0 Å². The van der Waals surface area contributed by atoms with Gasteiger partial charge in [0.25, 0.3) is 0 Å². The van der Waals surface area contributed by atoms with Crippen molar-refractivity contribution in [3.05, 3.63) is 30.1 Å². The number of aromatic nitrogens is 2. The highest BCUT2D eigenvalue weighted by Crippen LogP contribution is 2.41. The van der Waals surface area contributed by atoms with Crippen LogP contribution in [-0.2, 0) is 10.2 Å². The molecule has 0 aliphatic carbocycles. The topological polar surface area (TPSA) is 63.9 Å². The summed E-state index contributed by atoms with van der Waals surface area (Å²) in [5.74, 6) is 0.539. The first-order valence-corrected chi connectivity index (χ1v) is 6.48. The fourth-order valence-corrected chi connectivity index (χ4v) is 2.83. The summed E-state index contributed by atoms with van der Waals surface area (Å²) in [6.45, 7) is 4.60. The molecule has 1 aliphatic rings. The molecule has 96 valence electrons. The van der Waals surface area contributed by atoms with Gasteiger partial charge in [-0.05, 0) is 36.6 Å². The van der Waals surface area contributed by atoms with Gasteiger partial charge in [-0.3, -0.25) is 0 Å². The van der Waals surface area contributed by atoms with Crippen molar-refractivity contribution in [1.29, 1.82) is 0 Å². The SMILES string of the molecule is CC(CCN)C1(c2ccc3nc[nH]c3c2)COC1. The van der Waals surface area contributed by atoms with Crippen LogP contribution in [0.2, 0.25) is 0 Å². The summed E-state index contributed by atoms with van der Waals surface area (Å²) in [6.07, 6.45) is 2.77. The van der Waals surface area contributed by atoms with E-state index in [1.54, 1.807) is 6.33 Å². The van der Waals surface area contributed by atoms with Crippen LogP contribution in [-0.4, -0.2) is 29.7 Å². The molecule has 0 spiro atoms. The van der Waals surface area contributed by atoms with Crippen molar-refractivity contribution in [3.63, 3.8) is 0 Å². The van der Waals surface area contributed by atoms with Gasteiger partial charge in [0.1, 0.15) is 0 Å². The molecule has 4 nitrogen and oxygen atoms in total. The summed E-state index contributed by atoms with van der Waals surface area (Å²) >= 11 is 0. The quantitative estimate of drug-likeness (QED) is 0.863. The molecule has 2 heterocycles. The molecule has 18 heavy (non-hydrogen) atoms. The van der Waals surface area contributed by atoms with Gasteiger partial charge in [0.2, 0.25) is 0 Å². The van der Waals surface area contributed by atoms with Crippen LogP contribution in [0, 0.1) is 5.92 Å². The van der Waals surface area contributed by atoms with E-state index in [9.17, 15) is 0 Å². The molecule has 0 saturated carbocycles. The number of imidazole rings is 1. The number of aromatic amines is 1. The number of H-pyrrole nitrogens is 1. The van der Waals surface area contributed by atoms with Gasteiger partial charge in [-0.15, -0.1) is 0 Å². The Bertz CT molecular complexity index is 545. The molecular formula is C14H19N3O. The summed E-state index contributed by atoms with van der Waals surface area (Å²) in [5, 5.41) is 0. The zero-order valence-electron chi connectivity index (χ0n) is 10.6. The fraction of sp³-hybridized carbons (Fsp3) is 0.500. The normalized spacial score (nSPS) is 19.7. The largest absolute Gasteiger partial charge is 0.379 e. The van der Waals surface area contributed by atoms with Gasteiger partial charge in [-0.2, -0.15) is 0 Å². The van der Waals surface area contributed by atoms with Crippen molar-refractivity contribution < 1.29 is 4.74 Å². The van der Waals surface area contributed by atoms with E-state index >= 15 is 0 Å². The van der Waals surface area contributed by atoms with E-state index in [4.69, 9.17) is 10.5 Å². The summed E-state index contributed by atoms with van der Waals surface area (Å²) in [7, 11) is 0. The second kappa shape index (κ2) is 4.37. The van der Waals surface area contributed by atoms with Crippen LogP contribution >= 0.6 is 0 Å². The minimum atomic E-state index is 0.138. The Morgan fingerprint density at radius 1 is 1.50 bits per heavy atom. The molecule has 1 aliphatic heterocycles. The lowest BCUT2D eigenvalue weighted by molar-refractivity contribution is -0.0882. The number of nitrogens with two attached hydrogens (primary N) is 1. The third-order valence-electron chi connectivity index (χ3n) is 4.26. The number of hydrogen-bond acceptors (Lipinski definition) is 3. The van der Waals surface area contributed by atoms with Gasteiger partial charge >= 0.3 is 0 Å². The molecular weight excluding hydrogens is 226 g/mol. The Hall–Kier alpha value is -1.39. The first kappa shape index (κ1) is 11.7. The van der Waals surface area contributed by atoms with Gasteiger partial charge in [0.05, 0.1) is 30.6 Å². The molecule has 1 aromatic carbocycles. The van der Waals surface area contributed by atoms with Crippen molar-refractivity contribution >= 4 is 11.0 Å². The lowest BCUT2D eigenvalue weighted by Gasteiger charge is -2.46. The predicted octanol–water partition coefficient (Wildman–Crippen LogP) is 1.82. The van der Waals surface area contributed by atoms with Crippen molar-refractivity contribution in [2.45, 2.75) is 18.8 Å². The third-order valence-corrected chi connectivity index (χ3v) is 4.26. The van der Waals surface area contributed by atoms with Crippen molar-refractivity contribution in [3.8, 4) is 0 Å². The average Bonchev–Trinajstić information content (AvgIpc) is 2.75. The van der Waals surface area contributed by atoms with Crippen molar-refractivity contribution in [1.82, 2.24) is 9.97 Å². The molecule has 3 rings (SSSR count). The number of fused-ring (bicyclic) bond motifs is 1. The lowest BCUT2D eigenvalue weighted by Crippen LogP contribution is -2.52. The Kier molecular flexibility index (Phi) is 2.84. The Labute approximate surface area is 107 Å². The maximum atomic E-state index is 5.70. The lowest BCUT2D eigenvalue weighted by atomic mass is 9.68. The fourth-order valence-electron chi connectivity index (χ4n) is 2.83. The molecule has 1 saturated heterocycles. The van der Waals surface area contributed by atoms with Crippen LogP contribution in [0.5, 0.6) is 0 Å². The molecule has 2 aromatic rings. The Balaban J connectivity index is 1.99. The molecule has 0 bridgehead atoms. The van der Waals surface area contributed by atoms with E-state index in [2.05, 4.69) is 35.1 Å². The number of rotatable bonds is 4. The van der Waals surface area contributed by atoms with Gasteiger partial charge in [0, 0.05) is 5.41 Å². The highest BCUT2D eigenvalue weighted by atomic mass is 16.5. The van der Waals surface area contributed by atoms with E-state index in [-0.39, 0.29) is 5.41 Å². The number of benzene rings is 1. The molecule has 1 unspecified atom stereocenters. The Morgan fingerprint density at radius 3 is 3.00 bits per heavy atom. The Morgan fingerprint density at radius 2 is 2.33 bits per heavy atom. The van der Waals surface area contributed by atoms with Crippen LogP contribution in [0.4, 0.5) is 0 Å². The first-order valence-electron chi connectivity index (χ1n) is 6.48. The van der Waals surface area contributed by atoms with E-state index in [1.165, 1.54) is 5.56 Å². The van der Waals surface area contributed by atoms with Crippen molar-refractivity contribution in [2.24, 2.45) is 11.7 Å². The van der Waals surface area contributed by atoms with Gasteiger partial charge in [-0.25, -0.2) is 4.98 Å². The highest BCUT2D eigenvalue weighted by Gasteiger charge is 2.44. The smallest absolute Gasteiger partial charge is 0.0931 e. The molecule has 3 N–H and O–H groups in total. The average molecular weight is 245 g/mol.